The summed E-state index contributed by atoms with van der Waals surface area (Å²) in [7, 11) is 1.88. The largest absolute Gasteiger partial charge is 0.471 e. The topological polar surface area (TPSA) is 23.6 Å². The van der Waals surface area contributed by atoms with Gasteiger partial charge in [0.1, 0.15) is 0 Å². The highest BCUT2D eigenvalue weighted by atomic mass is 19.4. The van der Waals surface area contributed by atoms with E-state index >= 15 is 0 Å². The predicted octanol–water partition coefficient (Wildman–Crippen LogP) is 0.854. The average molecular weight is 222 g/mol. The number of halogens is 3. The molecule has 0 aromatic heterocycles. The van der Waals surface area contributed by atoms with Gasteiger partial charge in [-0.05, 0) is 19.9 Å². The molecule has 2 bridgehead atoms. The molecule has 15 heavy (non-hydrogen) atoms. The molecule has 0 spiro atoms. The van der Waals surface area contributed by atoms with Crippen LogP contribution in [0.15, 0.2) is 0 Å². The minimum Gasteiger partial charge on any atom is -0.326 e. The normalized spacial score (nSPS) is 32.1. The van der Waals surface area contributed by atoms with E-state index in [4.69, 9.17) is 0 Å². The second-order valence-corrected chi connectivity index (χ2v) is 4.32. The Morgan fingerprint density at radius 2 is 1.67 bits per heavy atom. The zero-order valence-electron chi connectivity index (χ0n) is 8.42. The highest BCUT2D eigenvalue weighted by Crippen LogP contribution is 2.33. The third-order valence-corrected chi connectivity index (χ3v) is 3.14. The fraction of sp³-hybridized carbons (Fsp3) is 0.889. The van der Waals surface area contributed by atoms with Crippen molar-refractivity contribution < 1.29 is 18.0 Å². The molecule has 2 heterocycles. The standard InChI is InChI=1S/C9H13F3N2O/c1-13-4-6-2-3-7(5-13)14(6)8(15)9(10,11)12/h6-7H,2-5H2,1H3. The first-order chi connectivity index (χ1) is 6.89. The number of rotatable bonds is 0. The van der Waals surface area contributed by atoms with Crippen molar-refractivity contribution in [2.45, 2.75) is 31.1 Å². The summed E-state index contributed by atoms with van der Waals surface area (Å²) in [5.41, 5.74) is 0. The molecule has 2 atom stereocenters. The summed E-state index contributed by atoms with van der Waals surface area (Å²) in [5, 5.41) is 0. The number of carbonyl (C=O) groups excluding carboxylic acids is 1. The van der Waals surface area contributed by atoms with Crippen LogP contribution in [-0.4, -0.2) is 54.1 Å². The van der Waals surface area contributed by atoms with Gasteiger partial charge in [0.05, 0.1) is 0 Å². The monoisotopic (exact) mass is 222 g/mol. The van der Waals surface area contributed by atoms with E-state index < -0.39 is 12.1 Å². The number of likely N-dealkylation sites (N-methyl/N-ethyl adjacent to an activating group) is 1. The Bertz CT molecular complexity index is 265. The molecule has 6 heteroatoms. The van der Waals surface area contributed by atoms with Gasteiger partial charge in [0.25, 0.3) is 0 Å². The highest BCUT2D eigenvalue weighted by molar-refractivity contribution is 5.83. The van der Waals surface area contributed by atoms with Gasteiger partial charge in [0.15, 0.2) is 0 Å². The molecule has 0 radical (unpaired) electrons. The highest BCUT2D eigenvalue weighted by Gasteiger charge is 2.51. The third-order valence-electron chi connectivity index (χ3n) is 3.14. The Hall–Kier alpha value is -0.780. The van der Waals surface area contributed by atoms with Crippen molar-refractivity contribution >= 4 is 5.91 Å². The van der Waals surface area contributed by atoms with E-state index in [9.17, 15) is 18.0 Å². The van der Waals surface area contributed by atoms with Gasteiger partial charge in [0, 0.05) is 25.2 Å². The van der Waals surface area contributed by atoms with E-state index in [1.807, 2.05) is 11.9 Å². The molecule has 2 aliphatic rings. The second-order valence-electron chi connectivity index (χ2n) is 4.32. The number of piperazine rings is 1. The molecule has 2 rings (SSSR count). The number of hydrogen-bond acceptors (Lipinski definition) is 2. The molecule has 1 amide bonds. The maximum atomic E-state index is 12.3. The van der Waals surface area contributed by atoms with Gasteiger partial charge in [-0.2, -0.15) is 13.2 Å². The van der Waals surface area contributed by atoms with Gasteiger partial charge < -0.3 is 9.80 Å². The van der Waals surface area contributed by atoms with Crippen molar-refractivity contribution in [3.05, 3.63) is 0 Å². The second kappa shape index (κ2) is 3.37. The van der Waals surface area contributed by atoms with Crippen molar-refractivity contribution in [1.29, 1.82) is 0 Å². The van der Waals surface area contributed by atoms with E-state index in [0.717, 1.165) is 4.90 Å². The number of nitrogens with zero attached hydrogens (tertiary/aromatic N) is 2. The summed E-state index contributed by atoms with van der Waals surface area (Å²) in [4.78, 5) is 14.2. The van der Waals surface area contributed by atoms with Gasteiger partial charge >= 0.3 is 12.1 Å². The number of alkyl halides is 3. The molecule has 0 aromatic carbocycles. The number of likely N-dealkylation sites (tertiary alicyclic amines) is 1. The van der Waals surface area contributed by atoms with Crippen molar-refractivity contribution in [1.82, 2.24) is 9.80 Å². The summed E-state index contributed by atoms with van der Waals surface area (Å²) in [6, 6.07) is -0.495. The minimum atomic E-state index is -4.73. The maximum Gasteiger partial charge on any atom is 0.471 e. The Morgan fingerprint density at radius 1 is 1.20 bits per heavy atom. The molecular weight excluding hydrogens is 209 g/mol. The van der Waals surface area contributed by atoms with E-state index in [-0.39, 0.29) is 12.1 Å². The predicted molar refractivity (Wildman–Crippen MR) is 47.2 cm³/mol. The Balaban J connectivity index is 2.15. The van der Waals surface area contributed by atoms with E-state index in [0.29, 0.717) is 25.9 Å². The number of carbonyl (C=O) groups is 1. The average Bonchev–Trinajstić information content (AvgIpc) is 2.35. The van der Waals surface area contributed by atoms with Crippen LogP contribution in [0.2, 0.25) is 0 Å². The minimum absolute atomic E-state index is 0.247. The van der Waals surface area contributed by atoms with Gasteiger partial charge in [-0.1, -0.05) is 0 Å². The van der Waals surface area contributed by atoms with E-state index in [1.165, 1.54) is 0 Å². The first kappa shape index (κ1) is 10.7. The molecule has 3 nitrogen and oxygen atoms in total. The van der Waals surface area contributed by atoms with Crippen LogP contribution in [-0.2, 0) is 4.79 Å². The Labute approximate surface area is 85.8 Å². The van der Waals surface area contributed by atoms with Crippen LogP contribution < -0.4 is 0 Å². The lowest BCUT2D eigenvalue weighted by Gasteiger charge is -2.39. The number of fused-ring (bicyclic) bond motifs is 2. The van der Waals surface area contributed by atoms with E-state index in [2.05, 4.69) is 0 Å². The summed E-state index contributed by atoms with van der Waals surface area (Å²) in [6.07, 6.45) is -3.34. The molecule has 86 valence electrons. The van der Waals surface area contributed by atoms with Gasteiger partial charge in [-0.15, -0.1) is 0 Å². The van der Waals surface area contributed by atoms with Gasteiger partial charge in [-0.3, -0.25) is 4.79 Å². The molecule has 0 aliphatic carbocycles. The number of hydrogen-bond donors (Lipinski definition) is 0. The van der Waals surface area contributed by atoms with Gasteiger partial charge in [-0.25, -0.2) is 0 Å². The van der Waals surface area contributed by atoms with Crippen LogP contribution in [0.3, 0.4) is 0 Å². The molecule has 2 fully saturated rings. The van der Waals surface area contributed by atoms with Gasteiger partial charge in [0.2, 0.25) is 0 Å². The van der Waals surface area contributed by atoms with Crippen molar-refractivity contribution in [2.24, 2.45) is 0 Å². The van der Waals surface area contributed by atoms with Crippen molar-refractivity contribution in [3.63, 3.8) is 0 Å². The van der Waals surface area contributed by atoms with Crippen LogP contribution in [0.5, 0.6) is 0 Å². The summed E-state index contributed by atoms with van der Waals surface area (Å²) < 4.78 is 36.9. The third kappa shape index (κ3) is 1.82. The number of amides is 1. The molecular formula is C9H13F3N2O. The smallest absolute Gasteiger partial charge is 0.326 e. The first-order valence-corrected chi connectivity index (χ1v) is 4.97. The zero-order chi connectivity index (χ0) is 11.2. The Kier molecular flexibility index (Phi) is 2.41. The lowest BCUT2D eigenvalue weighted by molar-refractivity contribution is -0.190. The lowest BCUT2D eigenvalue weighted by atomic mass is 10.2. The molecule has 0 N–H and O–H groups in total. The SMILES string of the molecule is CN1CC2CCC(C1)N2C(=O)C(F)(F)F. The van der Waals surface area contributed by atoms with Crippen LogP contribution in [0.1, 0.15) is 12.8 Å². The van der Waals surface area contributed by atoms with Crippen molar-refractivity contribution in [3.8, 4) is 0 Å². The summed E-state index contributed by atoms with van der Waals surface area (Å²) in [5.74, 6) is -1.66. The first-order valence-electron chi connectivity index (χ1n) is 4.97. The summed E-state index contributed by atoms with van der Waals surface area (Å²) >= 11 is 0. The van der Waals surface area contributed by atoms with Crippen molar-refractivity contribution in [2.75, 3.05) is 20.1 Å². The quantitative estimate of drug-likeness (QED) is 0.606. The van der Waals surface area contributed by atoms with Crippen LogP contribution in [0, 0.1) is 0 Å². The molecule has 2 unspecified atom stereocenters. The fourth-order valence-electron chi connectivity index (χ4n) is 2.59. The Morgan fingerprint density at radius 3 is 2.07 bits per heavy atom. The fourth-order valence-corrected chi connectivity index (χ4v) is 2.59. The van der Waals surface area contributed by atoms with Crippen LogP contribution in [0.25, 0.3) is 0 Å². The zero-order valence-corrected chi connectivity index (χ0v) is 8.42. The molecule has 0 saturated carbocycles. The van der Waals surface area contributed by atoms with Crippen LogP contribution in [0.4, 0.5) is 13.2 Å². The van der Waals surface area contributed by atoms with Crippen LogP contribution >= 0.6 is 0 Å². The van der Waals surface area contributed by atoms with E-state index in [1.54, 1.807) is 0 Å². The molecule has 0 aromatic rings. The lowest BCUT2D eigenvalue weighted by Crippen LogP contribution is -2.57. The molecule has 2 aliphatic heterocycles. The summed E-state index contributed by atoms with van der Waals surface area (Å²) in [6.45, 7) is 1.11. The molecule has 2 saturated heterocycles. The maximum absolute atomic E-state index is 12.3.